The Labute approximate surface area is 186 Å². The van der Waals surface area contributed by atoms with E-state index >= 15 is 0 Å². The third-order valence-corrected chi connectivity index (χ3v) is 4.53. The first-order valence-electron chi connectivity index (χ1n) is 10.4. The zero-order valence-electron chi connectivity index (χ0n) is 18.0. The number of benzene rings is 2. The number of amides is 1. The third-order valence-electron chi connectivity index (χ3n) is 4.53. The summed E-state index contributed by atoms with van der Waals surface area (Å²) >= 11 is 0. The first-order valence-corrected chi connectivity index (χ1v) is 10.4. The van der Waals surface area contributed by atoms with Crippen molar-refractivity contribution in [1.82, 2.24) is 9.78 Å². The van der Waals surface area contributed by atoms with Crippen LogP contribution in [0.3, 0.4) is 0 Å². The fourth-order valence-corrected chi connectivity index (χ4v) is 3.01. The van der Waals surface area contributed by atoms with Crippen LogP contribution in [0.5, 0.6) is 5.75 Å². The Morgan fingerprint density at radius 3 is 2.47 bits per heavy atom. The minimum Gasteiger partial charge on any atom is -0.494 e. The smallest absolute Gasteiger partial charge is 0.358 e. The van der Waals surface area contributed by atoms with Crippen molar-refractivity contribution in [2.24, 2.45) is 0 Å². The van der Waals surface area contributed by atoms with Crippen molar-refractivity contribution in [3.63, 3.8) is 0 Å². The van der Waals surface area contributed by atoms with Crippen LogP contribution in [-0.2, 0) is 9.53 Å². The highest BCUT2D eigenvalue weighted by molar-refractivity contribution is 6.00. The van der Waals surface area contributed by atoms with Crippen molar-refractivity contribution in [2.75, 3.05) is 18.5 Å². The monoisotopic (exact) mass is 435 g/mol. The number of carbonyl (C=O) groups is 3. The Bertz CT molecular complexity index is 1090. The first kappa shape index (κ1) is 22.7. The molecule has 0 aliphatic carbocycles. The number of aromatic nitrogens is 2. The molecular formula is C24H25N3O5. The second kappa shape index (κ2) is 10.9. The standard InChI is InChI=1S/C24H25N3O5/c1-3-31-20-10-8-17(9-11-20)22(28)12-13-23(29)25-18-6-5-7-19(16-18)27-15-14-21(26-27)24(30)32-4-2/h5-11,14-16H,3-4,12-13H2,1-2H3,(H,25,29). The van der Waals surface area contributed by atoms with Crippen LogP contribution < -0.4 is 10.1 Å². The Kier molecular flexibility index (Phi) is 7.75. The van der Waals surface area contributed by atoms with E-state index in [1.54, 1.807) is 67.7 Å². The number of ketones is 1. The van der Waals surface area contributed by atoms with Crippen LogP contribution in [0.25, 0.3) is 5.69 Å². The molecule has 8 nitrogen and oxygen atoms in total. The zero-order chi connectivity index (χ0) is 22.9. The molecule has 1 heterocycles. The van der Waals surface area contributed by atoms with Gasteiger partial charge in [-0.2, -0.15) is 5.10 Å². The van der Waals surface area contributed by atoms with E-state index in [9.17, 15) is 14.4 Å². The summed E-state index contributed by atoms with van der Waals surface area (Å²) < 4.78 is 11.8. The van der Waals surface area contributed by atoms with E-state index < -0.39 is 5.97 Å². The molecule has 166 valence electrons. The zero-order valence-corrected chi connectivity index (χ0v) is 18.0. The predicted molar refractivity (Wildman–Crippen MR) is 119 cm³/mol. The van der Waals surface area contributed by atoms with Gasteiger partial charge in [0.05, 0.1) is 18.9 Å². The second-order valence-corrected chi connectivity index (χ2v) is 6.85. The molecule has 1 N–H and O–H groups in total. The highest BCUT2D eigenvalue weighted by Gasteiger charge is 2.12. The lowest BCUT2D eigenvalue weighted by atomic mass is 10.1. The summed E-state index contributed by atoms with van der Waals surface area (Å²) in [7, 11) is 0. The number of rotatable bonds is 10. The van der Waals surface area contributed by atoms with Crippen LogP contribution in [0.1, 0.15) is 47.5 Å². The average molecular weight is 435 g/mol. The summed E-state index contributed by atoms with van der Waals surface area (Å²) in [5, 5.41) is 7.00. The maximum atomic E-state index is 12.3. The number of nitrogens with one attached hydrogen (secondary N) is 1. The molecule has 3 aromatic rings. The van der Waals surface area contributed by atoms with Gasteiger partial charge in [0.2, 0.25) is 5.91 Å². The second-order valence-electron chi connectivity index (χ2n) is 6.85. The molecule has 0 radical (unpaired) electrons. The highest BCUT2D eigenvalue weighted by atomic mass is 16.5. The fourth-order valence-electron chi connectivity index (χ4n) is 3.01. The molecule has 2 aromatic carbocycles. The maximum absolute atomic E-state index is 12.3. The van der Waals surface area contributed by atoms with Gasteiger partial charge in [-0.25, -0.2) is 9.48 Å². The van der Waals surface area contributed by atoms with Crippen LogP contribution in [0.4, 0.5) is 5.69 Å². The average Bonchev–Trinajstić information content (AvgIpc) is 3.29. The lowest BCUT2D eigenvalue weighted by molar-refractivity contribution is -0.116. The van der Waals surface area contributed by atoms with Crippen LogP contribution in [0.15, 0.2) is 60.8 Å². The number of esters is 1. The Balaban J connectivity index is 1.56. The number of hydrogen-bond donors (Lipinski definition) is 1. The van der Waals surface area contributed by atoms with Gasteiger partial charge in [-0.15, -0.1) is 0 Å². The Morgan fingerprint density at radius 1 is 0.969 bits per heavy atom. The number of anilines is 1. The molecule has 1 aromatic heterocycles. The molecule has 3 rings (SSSR count). The van der Waals surface area contributed by atoms with E-state index in [1.807, 2.05) is 6.92 Å². The molecule has 0 saturated heterocycles. The molecular weight excluding hydrogens is 410 g/mol. The molecule has 0 atom stereocenters. The molecule has 0 unspecified atom stereocenters. The van der Waals surface area contributed by atoms with Crippen molar-refractivity contribution in [1.29, 1.82) is 0 Å². The Morgan fingerprint density at radius 2 is 1.75 bits per heavy atom. The molecule has 0 aliphatic heterocycles. The van der Waals surface area contributed by atoms with Gasteiger partial charge < -0.3 is 14.8 Å². The van der Waals surface area contributed by atoms with E-state index in [1.165, 1.54) is 4.68 Å². The summed E-state index contributed by atoms with van der Waals surface area (Å²) in [4.78, 5) is 36.5. The van der Waals surface area contributed by atoms with Crippen molar-refractivity contribution < 1.29 is 23.9 Å². The van der Waals surface area contributed by atoms with Gasteiger partial charge in [-0.3, -0.25) is 9.59 Å². The van der Waals surface area contributed by atoms with Gasteiger partial charge in [-0.1, -0.05) is 6.07 Å². The van der Waals surface area contributed by atoms with Crippen molar-refractivity contribution in [3.05, 3.63) is 72.1 Å². The van der Waals surface area contributed by atoms with E-state index in [0.717, 1.165) is 0 Å². The van der Waals surface area contributed by atoms with Crippen molar-refractivity contribution in [2.45, 2.75) is 26.7 Å². The summed E-state index contributed by atoms with van der Waals surface area (Å²) in [6.45, 7) is 4.45. The number of hydrogen-bond acceptors (Lipinski definition) is 6. The maximum Gasteiger partial charge on any atom is 0.358 e. The minimum absolute atomic E-state index is 0.0606. The minimum atomic E-state index is -0.493. The van der Waals surface area contributed by atoms with Crippen molar-refractivity contribution >= 4 is 23.3 Å². The molecule has 0 aliphatic rings. The SMILES string of the molecule is CCOC(=O)c1ccn(-c2cccc(NC(=O)CCC(=O)c3ccc(OCC)cc3)c2)n1. The molecule has 0 fully saturated rings. The van der Waals surface area contributed by atoms with Crippen LogP contribution >= 0.6 is 0 Å². The van der Waals surface area contributed by atoms with E-state index in [2.05, 4.69) is 10.4 Å². The van der Waals surface area contributed by atoms with Gasteiger partial charge in [-0.05, 0) is 62.4 Å². The fraction of sp³-hybridized carbons (Fsp3) is 0.250. The molecule has 8 heteroatoms. The van der Waals surface area contributed by atoms with E-state index in [-0.39, 0.29) is 36.8 Å². The Hall–Kier alpha value is -3.94. The lowest BCUT2D eigenvalue weighted by Crippen LogP contribution is -2.14. The van der Waals surface area contributed by atoms with E-state index in [0.29, 0.717) is 29.3 Å². The summed E-state index contributed by atoms with van der Waals surface area (Å²) in [5.41, 5.74) is 1.98. The quantitative estimate of drug-likeness (QED) is 0.381. The molecule has 0 spiro atoms. The number of ether oxygens (including phenoxy) is 2. The molecule has 32 heavy (non-hydrogen) atoms. The van der Waals surface area contributed by atoms with Gasteiger partial charge in [0.25, 0.3) is 0 Å². The van der Waals surface area contributed by atoms with Gasteiger partial charge in [0.15, 0.2) is 11.5 Å². The number of carbonyl (C=O) groups excluding carboxylic acids is 3. The topological polar surface area (TPSA) is 99.5 Å². The largest absolute Gasteiger partial charge is 0.494 e. The number of nitrogens with zero attached hydrogens (tertiary/aromatic N) is 2. The highest BCUT2D eigenvalue weighted by Crippen LogP contribution is 2.17. The summed E-state index contributed by atoms with van der Waals surface area (Å²) in [6.07, 6.45) is 1.80. The predicted octanol–water partition coefficient (Wildman–Crippen LogP) is 4.05. The van der Waals surface area contributed by atoms with Crippen LogP contribution in [-0.4, -0.2) is 40.7 Å². The van der Waals surface area contributed by atoms with Crippen LogP contribution in [0, 0.1) is 0 Å². The van der Waals surface area contributed by atoms with Crippen LogP contribution in [0.2, 0.25) is 0 Å². The van der Waals surface area contributed by atoms with E-state index in [4.69, 9.17) is 9.47 Å². The normalized spacial score (nSPS) is 10.4. The van der Waals surface area contributed by atoms with Gasteiger partial charge >= 0.3 is 5.97 Å². The number of Topliss-reactive ketones (excluding diaryl/α,β-unsaturated/α-hetero) is 1. The molecule has 1 amide bonds. The van der Waals surface area contributed by atoms with Crippen molar-refractivity contribution in [3.8, 4) is 11.4 Å². The van der Waals surface area contributed by atoms with Gasteiger partial charge in [0, 0.05) is 30.3 Å². The molecule has 0 bridgehead atoms. The lowest BCUT2D eigenvalue weighted by Gasteiger charge is -2.08. The summed E-state index contributed by atoms with van der Waals surface area (Å²) in [6, 6.07) is 15.5. The third kappa shape index (κ3) is 6.04. The first-order chi connectivity index (χ1) is 15.5. The summed E-state index contributed by atoms with van der Waals surface area (Å²) in [5.74, 6) is -0.171. The molecule has 0 saturated carbocycles. The van der Waals surface area contributed by atoms with Gasteiger partial charge in [0.1, 0.15) is 5.75 Å².